The molecule has 0 bridgehead atoms. The molecule has 0 amide bonds. The van der Waals surface area contributed by atoms with Gasteiger partial charge < -0.3 is 9.84 Å². The number of carbonyl (C=O) groups excluding carboxylic acids is 2. The minimum absolute atomic E-state index is 0.0107. The summed E-state index contributed by atoms with van der Waals surface area (Å²) in [5.74, 6) is -0.604. The Hall–Kier alpha value is -0.900. The topological polar surface area (TPSA) is 63.6 Å². The zero-order valence-corrected chi connectivity index (χ0v) is 7.40. The van der Waals surface area contributed by atoms with E-state index in [1.807, 2.05) is 0 Å². The zero-order chi connectivity index (χ0) is 9.59. The van der Waals surface area contributed by atoms with Gasteiger partial charge >= 0.3 is 5.97 Å². The highest BCUT2D eigenvalue weighted by Gasteiger charge is 2.47. The molecule has 1 heterocycles. The summed E-state index contributed by atoms with van der Waals surface area (Å²) in [6.45, 7) is 1.78. The van der Waals surface area contributed by atoms with E-state index in [9.17, 15) is 14.7 Å². The van der Waals surface area contributed by atoms with Crippen molar-refractivity contribution in [3.8, 4) is 0 Å². The number of fused-ring (bicyclic) bond motifs is 1. The molecular weight excluding hydrogens is 172 g/mol. The highest BCUT2D eigenvalue weighted by atomic mass is 16.6. The van der Waals surface area contributed by atoms with Crippen LogP contribution in [0.25, 0.3) is 0 Å². The quantitative estimate of drug-likeness (QED) is 0.533. The number of Topliss-reactive ketones (excluding diaryl/α,β-unsaturated/α-hetero) is 1. The van der Waals surface area contributed by atoms with Crippen LogP contribution in [0.4, 0.5) is 0 Å². The van der Waals surface area contributed by atoms with Crippen molar-refractivity contribution in [1.29, 1.82) is 0 Å². The van der Waals surface area contributed by atoms with Crippen molar-refractivity contribution in [2.75, 3.05) is 0 Å². The molecule has 13 heavy (non-hydrogen) atoms. The standard InChI is InChI=1S/C9H12O4/c1-4-5-2-6(10)7(11)3-8(5)13-9(4)12/h4-5,7-8,11H,2-3H2,1H3/t4?,5?,7-,8+/m0/s1. The lowest BCUT2D eigenvalue weighted by Crippen LogP contribution is -2.38. The van der Waals surface area contributed by atoms with Crippen molar-refractivity contribution in [3.63, 3.8) is 0 Å². The van der Waals surface area contributed by atoms with Gasteiger partial charge in [0.15, 0.2) is 5.78 Å². The normalized spacial score (nSPS) is 44.5. The van der Waals surface area contributed by atoms with Gasteiger partial charge in [-0.25, -0.2) is 0 Å². The monoisotopic (exact) mass is 184 g/mol. The molecule has 0 spiro atoms. The van der Waals surface area contributed by atoms with Gasteiger partial charge in [-0.2, -0.15) is 0 Å². The van der Waals surface area contributed by atoms with Crippen molar-refractivity contribution in [2.45, 2.75) is 32.0 Å². The van der Waals surface area contributed by atoms with E-state index in [1.165, 1.54) is 0 Å². The Morgan fingerprint density at radius 2 is 2.15 bits per heavy atom. The number of hydrogen-bond donors (Lipinski definition) is 1. The molecular formula is C9H12O4. The minimum Gasteiger partial charge on any atom is -0.462 e. The molecule has 1 aliphatic carbocycles. The van der Waals surface area contributed by atoms with Crippen LogP contribution in [-0.4, -0.2) is 29.1 Å². The van der Waals surface area contributed by atoms with Crippen LogP contribution < -0.4 is 0 Å². The van der Waals surface area contributed by atoms with E-state index in [1.54, 1.807) is 6.92 Å². The highest BCUT2D eigenvalue weighted by Crippen LogP contribution is 2.37. The van der Waals surface area contributed by atoms with Crippen LogP contribution in [-0.2, 0) is 14.3 Å². The van der Waals surface area contributed by atoms with Crippen molar-refractivity contribution in [3.05, 3.63) is 0 Å². The third kappa shape index (κ3) is 1.25. The lowest BCUT2D eigenvalue weighted by Gasteiger charge is -2.26. The Balaban J connectivity index is 2.16. The van der Waals surface area contributed by atoms with E-state index >= 15 is 0 Å². The van der Waals surface area contributed by atoms with Gasteiger partial charge in [0.05, 0.1) is 5.92 Å². The molecule has 1 saturated heterocycles. The fraction of sp³-hybridized carbons (Fsp3) is 0.778. The number of rotatable bonds is 0. The average molecular weight is 184 g/mol. The maximum atomic E-state index is 11.2. The fourth-order valence-electron chi connectivity index (χ4n) is 2.09. The summed E-state index contributed by atoms with van der Waals surface area (Å²) < 4.78 is 5.05. The van der Waals surface area contributed by atoms with Gasteiger partial charge in [-0.1, -0.05) is 6.92 Å². The molecule has 1 aliphatic heterocycles. The van der Waals surface area contributed by atoms with Crippen molar-refractivity contribution in [1.82, 2.24) is 0 Å². The van der Waals surface area contributed by atoms with Gasteiger partial charge in [-0.05, 0) is 0 Å². The van der Waals surface area contributed by atoms with Gasteiger partial charge in [0.25, 0.3) is 0 Å². The van der Waals surface area contributed by atoms with Crippen molar-refractivity contribution < 1.29 is 19.4 Å². The Bertz CT molecular complexity index is 260. The van der Waals surface area contributed by atoms with Gasteiger partial charge in [0.1, 0.15) is 12.2 Å². The first-order chi connectivity index (χ1) is 6.09. The molecule has 0 aromatic carbocycles. The maximum absolute atomic E-state index is 11.2. The molecule has 1 N–H and O–H groups in total. The molecule has 0 radical (unpaired) electrons. The van der Waals surface area contributed by atoms with E-state index in [4.69, 9.17) is 4.74 Å². The van der Waals surface area contributed by atoms with Crippen LogP contribution in [0.2, 0.25) is 0 Å². The molecule has 2 fully saturated rings. The number of hydrogen-bond acceptors (Lipinski definition) is 4. The molecule has 72 valence electrons. The molecule has 2 unspecified atom stereocenters. The van der Waals surface area contributed by atoms with Crippen LogP contribution in [0.1, 0.15) is 19.8 Å². The molecule has 0 aromatic rings. The second-order valence-corrected chi connectivity index (χ2v) is 3.85. The van der Waals surface area contributed by atoms with E-state index in [0.29, 0.717) is 0 Å². The summed E-state index contributed by atoms with van der Waals surface area (Å²) in [5, 5.41) is 9.26. The number of carbonyl (C=O) groups is 2. The predicted octanol–water partition coefficient (Wildman–Crippen LogP) is -0.112. The van der Waals surface area contributed by atoms with Gasteiger partial charge in [-0.3, -0.25) is 9.59 Å². The molecule has 2 aliphatic rings. The second-order valence-electron chi connectivity index (χ2n) is 3.85. The largest absolute Gasteiger partial charge is 0.462 e. The van der Waals surface area contributed by atoms with E-state index in [-0.39, 0.29) is 42.5 Å². The summed E-state index contributed by atoms with van der Waals surface area (Å²) in [6.07, 6.45) is -0.618. The van der Waals surface area contributed by atoms with E-state index < -0.39 is 6.10 Å². The van der Waals surface area contributed by atoms with Gasteiger partial charge in [0, 0.05) is 18.8 Å². The van der Waals surface area contributed by atoms with Crippen LogP contribution in [0.3, 0.4) is 0 Å². The third-order valence-electron chi connectivity index (χ3n) is 3.02. The molecule has 4 heteroatoms. The average Bonchev–Trinajstić information content (AvgIpc) is 2.32. The van der Waals surface area contributed by atoms with Crippen LogP contribution in [0.15, 0.2) is 0 Å². The molecule has 4 nitrogen and oxygen atoms in total. The summed E-state index contributed by atoms with van der Waals surface area (Å²) in [5.41, 5.74) is 0. The Kier molecular flexibility index (Phi) is 1.87. The number of esters is 1. The van der Waals surface area contributed by atoms with Crippen LogP contribution in [0, 0.1) is 11.8 Å². The Morgan fingerprint density at radius 1 is 1.46 bits per heavy atom. The Morgan fingerprint density at radius 3 is 2.85 bits per heavy atom. The van der Waals surface area contributed by atoms with Crippen molar-refractivity contribution in [2.24, 2.45) is 11.8 Å². The van der Waals surface area contributed by atoms with Gasteiger partial charge in [-0.15, -0.1) is 0 Å². The number of ether oxygens (including phenoxy) is 1. The number of aliphatic hydroxyl groups excluding tert-OH is 1. The molecule has 1 saturated carbocycles. The zero-order valence-electron chi connectivity index (χ0n) is 7.40. The van der Waals surface area contributed by atoms with E-state index in [2.05, 4.69) is 0 Å². The molecule has 4 atom stereocenters. The molecule has 2 rings (SSSR count). The fourth-order valence-corrected chi connectivity index (χ4v) is 2.09. The van der Waals surface area contributed by atoms with E-state index in [0.717, 1.165) is 0 Å². The van der Waals surface area contributed by atoms with Gasteiger partial charge in [0.2, 0.25) is 0 Å². The van der Waals surface area contributed by atoms with Crippen molar-refractivity contribution >= 4 is 11.8 Å². The smallest absolute Gasteiger partial charge is 0.309 e. The SMILES string of the molecule is CC1C(=O)O[C@@H]2C[C@H](O)C(=O)CC12. The summed E-state index contributed by atoms with van der Waals surface area (Å²) in [4.78, 5) is 22.3. The Labute approximate surface area is 75.9 Å². The third-order valence-corrected chi connectivity index (χ3v) is 3.02. The summed E-state index contributed by atoms with van der Waals surface area (Å²) in [7, 11) is 0. The first-order valence-electron chi connectivity index (χ1n) is 4.51. The number of aliphatic hydroxyl groups is 1. The lowest BCUT2D eigenvalue weighted by molar-refractivity contribution is -0.147. The highest BCUT2D eigenvalue weighted by molar-refractivity contribution is 5.86. The minimum atomic E-state index is -0.931. The second kappa shape index (κ2) is 2.80. The summed E-state index contributed by atoms with van der Waals surface area (Å²) in [6, 6.07) is 0. The first-order valence-corrected chi connectivity index (χ1v) is 4.51. The lowest BCUT2D eigenvalue weighted by atomic mass is 9.79. The summed E-state index contributed by atoms with van der Waals surface area (Å²) >= 11 is 0. The maximum Gasteiger partial charge on any atom is 0.309 e. The first kappa shape index (κ1) is 8.69. The number of ketones is 1. The predicted molar refractivity (Wildman–Crippen MR) is 42.8 cm³/mol. The molecule has 0 aromatic heterocycles. The van der Waals surface area contributed by atoms with Crippen LogP contribution >= 0.6 is 0 Å². The van der Waals surface area contributed by atoms with Crippen LogP contribution in [0.5, 0.6) is 0 Å².